The third-order valence-electron chi connectivity index (χ3n) is 18.9. The number of nitrogens with zero attached hydrogens (tertiary/aromatic N) is 5. The second kappa shape index (κ2) is 18.9. The Morgan fingerprint density at radius 3 is 0.920 bits per heavy atom. The predicted molar refractivity (Wildman–Crippen MR) is 362 cm³/mol. The first kappa shape index (κ1) is 49.0. The van der Waals surface area contributed by atoms with Gasteiger partial charge < -0.3 is 24.8 Å². The molecule has 414 valence electrons. The standard InChI is InChI=1S/C79H53N9/c1-88-42-52-70-71-53(43-88)77-69(49-30-18-7-19-31-49)61-39-37-57(83-61)65(45-22-10-3-11-23-45)55-33-35-59(81-55)67(47-26-14-5-15-27-47)63-41-51-50-40-62-66(46-24-12-4-13-25-46)58-34-32-54(80-58)64(44-20-8-2-9-21-44)56-36-38-60(82-56)68(48-28-16-6-17-29-48)76(52)86-78(70)72(74(50)84-62)73(75(51)85-63)79(71)87-77/h2-41,52-53,82-85H,42-43H2,1H3/t52-,53-/m0/s1. The Hall–Kier alpha value is -11.3. The van der Waals surface area contributed by atoms with E-state index in [-0.39, 0.29) is 11.8 Å². The minimum absolute atomic E-state index is 0.137. The number of aromatic amines is 4. The van der Waals surface area contributed by atoms with Gasteiger partial charge in [0.25, 0.3) is 0 Å². The fraction of sp³-hybridized carbons (Fsp3) is 0.0633. The van der Waals surface area contributed by atoms with Gasteiger partial charge >= 0.3 is 0 Å². The normalized spacial score (nSPS) is 15.3. The Morgan fingerprint density at radius 1 is 0.318 bits per heavy atom. The van der Waals surface area contributed by atoms with Crippen LogP contribution in [-0.2, 0) is 0 Å². The summed E-state index contributed by atoms with van der Waals surface area (Å²) >= 11 is 0. The molecule has 0 radical (unpaired) electrons. The SMILES string of the molecule is CN1C[C@@H]2c3nc4c2c2c5nc(c(-c6ccccc6)c6ccc([nH]6)c(-c6ccccc6)c6nc(c(-c7ccccc7)c7cc8c9cc([nH]c9c4c5c8[nH]7)c(-c4ccccc4)c4nc(c(-c5ccccc5)c5ccc([nH]5)c3-c3ccccc3)C=C4)C=C6)[C@H]2C1. The maximum absolute atomic E-state index is 6.25. The highest BCUT2D eigenvalue weighted by Crippen LogP contribution is 2.56. The highest BCUT2D eigenvalue weighted by molar-refractivity contribution is 6.34. The van der Waals surface area contributed by atoms with Gasteiger partial charge in [-0.2, -0.15) is 0 Å². The average Bonchev–Trinajstić information content (AvgIpc) is 1.53. The zero-order valence-corrected chi connectivity index (χ0v) is 47.9. The zero-order valence-electron chi connectivity index (χ0n) is 47.9. The molecule has 0 fully saturated rings. The summed E-state index contributed by atoms with van der Waals surface area (Å²) in [5.74, 6) is -0.273. The summed E-state index contributed by atoms with van der Waals surface area (Å²) in [6, 6.07) is 78.4. The molecule has 4 N–H and O–H groups in total. The number of benzene rings is 8. The Bertz CT molecular complexity index is 5270. The summed E-state index contributed by atoms with van der Waals surface area (Å²) in [4.78, 5) is 43.0. The van der Waals surface area contributed by atoms with E-state index in [1.807, 2.05) is 0 Å². The molecule has 11 heterocycles. The van der Waals surface area contributed by atoms with Crippen molar-refractivity contribution in [3.05, 3.63) is 264 Å². The number of hydrogen-bond donors (Lipinski definition) is 4. The van der Waals surface area contributed by atoms with Crippen LogP contribution in [0, 0.1) is 0 Å². The Balaban J connectivity index is 1.09. The molecule has 5 aliphatic heterocycles. The third kappa shape index (κ3) is 7.25. The van der Waals surface area contributed by atoms with Gasteiger partial charge in [-0.3, -0.25) is 9.97 Å². The molecular weight excluding hydrogens is 1070 g/mol. The summed E-state index contributed by atoms with van der Waals surface area (Å²) < 4.78 is 0. The van der Waals surface area contributed by atoms with Gasteiger partial charge in [0, 0.05) is 113 Å². The molecule has 0 spiro atoms. The molecule has 88 heavy (non-hydrogen) atoms. The highest BCUT2D eigenvalue weighted by atomic mass is 15.1. The molecule has 16 bridgehead atoms. The lowest BCUT2D eigenvalue weighted by Crippen LogP contribution is -2.26. The van der Waals surface area contributed by atoms with Crippen molar-refractivity contribution in [1.29, 1.82) is 0 Å². The molecular formula is C79H53N9. The van der Waals surface area contributed by atoms with Gasteiger partial charge in [-0.1, -0.05) is 182 Å². The van der Waals surface area contributed by atoms with Gasteiger partial charge in [0.15, 0.2) is 0 Å². The number of nitrogens with one attached hydrogen (secondary N) is 4. The maximum atomic E-state index is 6.25. The molecule has 9 nitrogen and oxygen atoms in total. The Kier molecular flexibility index (Phi) is 10.5. The predicted octanol–water partition coefficient (Wildman–Crippen LogP) is 18.8. The van der Waals surface area contributed by atoms with E-state index in [1.165, 1.54) is 11.1 Å². The van der Waals surface area contributed by atoms with Crippen molar-refractivity contribution in [3.8, 4) is 66.8 Å². The van der Waals surface area contributed by atoms with E-state index < -0.39 is 0 Å². The van der Waals surface area contributed by atoms with E-state index in [9.17, 15) is 0 Å². The number of hydrogen-bond acceptors (Lipinski definition) is 5. The first-order chi connectivity index (χ1) is 43.5. The summed E-state index contributed by atoms with van der Waals surface area (Å²) in [5.41, 5.74) is 30.5. The summed E-state index contributed by atoms with van der Waals surface area (Å²) in [6.45, 7) is 1.48. The van der Waals surface area contributed by atoms with Crippen molar-refractivity contribution >= 4 is 101 Å². The molecule has 14 aromatic rings. The molecule has 6 aromatic heterocycles. The van der Waals surface area contributed by atoms with Crippen molar-refractivity contribution in [2.75, 3.05) is 20.1 Å². The second-order valence-corrected chi connectivity index (χ2v) is 24.0. The lowest BCUT2D eigenvalue weighted by Gasteiger charge is -2.21. The van der Waals surface area contributed by atoms with Crippen molar-refractivity contribution in [1.82, 2.24) is 44.8 Å². The van der Waals surface area contributed by atoms with E-state index in [0.29, 0.717) is 0 Å². The van der Waals surface area contributed by atoms with Crippen LogP contribution in [0.4, 0.5) is 0 Å². The molecule has 0 saturated heterocycles. The lowest BCUT2D eigenvalue weighted by atomic mass is 9.82. The monoisotopic (exact) mass is 1130 g/mol. The number of likely N-dealkylation sites (N-methyl/N-ethyl adjacent to an activating group) is 1. The fourth-order valence-corrected chi connectivity index (χ4v) is 15.3. The molecule has 9 heteroatoms. The van der Waals surface area contributed by atoms with Gasteiger partial charge in [-0.25, -0.2) is 9.97 Å². The molecule has 0 aliphatic carbocycles. The summed E-state index contributed by atoms with van der Waals surface area (Å²) in [7, 11) is 2.29. The number of fused-ring (bicyclic) bond motifs is 15. The Morgan fingerprint density at radius 2 is 0.602 bits per heavy atom. The summed E-state index contributed by atoms with van der Waals surface area (Å²) in [6.07, 6.45) is 8.75. The minimum atomic E-state index is -0.137. The van der Waals surface area contributed by atoms with E-state index >= 15 is 0 Å². The smallest absolute Gasteiger partial charge is 0.0777 e. The molecule has 8 aromatic carbocycles. The van der Waals surface area contributed by atoms with Gasteiger partial charge in [0.1, 0.15) is 0 Å². The van der Waals surface area contributed by atoms with Crippen LogP contribution in [-0.4, -0.2) is 64.9 Å². The van der Waals surface area contributed by atoms with Crippen LogP contribution in [0.25, 0.3) is 168 Å². The molecule has 5 aliphatic rings. The van der Waals surface area contributed by atoms with Gasteiger partial charge in [0.2, 0.25) is 0 Å². The van der Waals surface area contributed by atoms with E-state index in [0.717, 1.165) is 191 Å². The van der Waals surface area contributed by atoms with Crippen molar-refractivity contribution in [3.63, 3.8) is 0 Å². The van der Waals surface area contributed by atoms with E-state index in [1.54, 1.807) is 0 Å². The van der Waals surface area contributed by atoms with Crippen LogP contribution in [0.1, 0.15) is 57.1 Å². The Labute approximate surface area is 505 Å². The largest absolute Gasteiger partial charge is 0.354 e. The van der Waals surface area contributed by atoms with Crippen LogP contribution < -0.4 is 0 Å². The third-order valence-corrected chi connectivity index (χ3v) is 18.9. The van der Waals surface area contributed by atoms with Crippen LogP contribution >= 0.6 is 0 Å². The molecule has 2 atom stereocenters. The molecule has 0 unspecified atom stereocenters. The lowest BCUT2D eigenvalue weighted by molar-refractivity contribution is 0.325. The van der Waals surface area contributed by atoms with Gasteiger partial charge in [0.05, 0.1) is 56.2 Å². The van der Waals surface area contributed by atoms with Gasteiger partial charge in [-0.15, -0.1) is 0 Å². The summed E-state index contributed by atoms with van der Waals surface area (Å²) in [5, 5.41) is 4.24. The van der Waals surface area contributed by atoms with E-state index in [2.05, 4.69) is 275 Å². The molecule has 0 saturated carbocycles. The second-order valence-electron chi connectivity index (χ2n) is 24.0. The van der Waals surface area contributed by atoms with E-state index in [4.69, 9.17) is 19.9 Å². The van der Waals surface area contributed by atoms with Crippen LogP contribution in [0.5, 0.6) is 0 Å². The average molecular weight is 1130 g/mol. The topological polar surface area (TPSA) is 118 Å². The number of rotatable bonds is 6. The molecule has 0 amide bonds. The van der Waals surface area contributed by atoms with Crippen molar-refractivity contribution < 1.29 is 0 Å². The van der Waals surface area contributed by atoms with Crippen molar-refractivity contribution in [2.45, 2.75) is 11.8 Å². The molecule has 19 rings (SSSR count). The highest BCUT2D eigenvalue weighted by Gasteiger charge is 2.43. The maximum Gasteiger partial charge on any atom is 0.0777 e. The zero-order chi connectivity index (χ0) is 57.7. The quantitative estimate of drug-likeness (QED) is 0.132. The minimum Gasteiger partial charge on any atom is -0.354 e. The van der Waals surface area contributed by atoms with Gasteiger partial charge in [-0.05, 0) is 112 Å². The first-order valence-corrected chi connectivity index (χ1v) is 30.4. The van der Waals surface area contributed by atoms with Crippen LogP contribution in [0.15, 0.2) is 218 Å². The van der Waals surface area contributed by atoms with Crippen LogP contribution in [0.3, 0.4) is 0 Å². The van der Waals surface area contributed by atoms with Crippen molar-refractivity contribution in [2.24, 2.45) is 0 Å². The number of H-pyrrole nitrogens is 4. The number of aromatic nitrogens is 8. The van der Waals surface area contributed by atoms with Crippen LogP contribution in [0.2, 0.25) is 0 Å². The fourth-order valence-electron chi connectivity index (χ4n) is 15.3. The first-order valence-electron chi connectivity index (χ1n) is 30.4.